The van der Waals surface area contributed by atoms with E-state index in [-0.39, 0.29) is 28.4 Å². The lowest BCUT2D eigenvalue weighted by Crippen LogP contribution is -2.53. The number of esters is 2. The highest BCUT2D eigenvalue weighted by Crippen LogP contribution is 2.60. The van der Waals surface area contributed by atoms with E-state index >= 15 is 8.78 Å². The quantitative estimate of drug-likeness (QED) is 0.179. The SMILES string of the molecule is Cc1c(/C(=C2\C(=O)OC(=O)C2=C2C3CC4CC(C3)CC2C4)C(F)(F)C(F)(F)C(F)(F)F)c2ccccc2n1C. The molecule has 5 fully saturated rings. The molecule has 7 rings (SSSR count). The van der Waals surface area contributed by atoms with Gasteiger partial charge in [-0.3, -0.25) is 0 Å². The van der Waals surface area contributed by atoms with Crippen molar-refractivity contribution in [1.29, 1.82) is 0 Å². The van der Waals surface area contributed by atoms with Gasteiger partial charge in [0.2, 0.25) is 0 Å². The van der Waals surface area contributed by atoms with Crippen molar-refractivity contribution in [2.24, 2.45) is 30.7 Å². The number of alkyl halides is 7. The Balaban J connectivity index is 1.74. The number of hydrogen-bond donors (Lipinski definition) is 0. The number of aromatic nitrogens is 1. The predicted molar refractivity (Wildman–Crippen MR) is 126 cm³/mol. The van der Waals surface area contributed by atoms with E-state index in [9.17, 15) is 31.5 Å². The van der Waals surface area contributed by atoms with Crippen LogP contribution in [-0.4, -0.2) is 34.5 Å². The molecule has 5 aliphatic rings. The lowest BCUT2D eigenvalue weighted by molar-refractivity contribution is -0.339. The van der Waals surface area contributed by atoms with E-state index in [4.69, 9.17) is 4.74 Å². The molecule has 4 bridgehead atoms. The van der Waals surface area contributed by atoms with Gasteiger partial charge in [0.1, 0.15) is 0 Å². The first-order chi connectivity index (χ1) is 18.1. The van der Waals surface area contributed by atoms with Crippen LogP contribution in [0.25, 0.3) is 16.5 Å². The van der Waals surface area contributed by atoms with Crippen LogP contribution < -0.4 is 0 Å². The molecule has 0 amide bonds. The van der Waals surface area contributed by atoms with E-state index in [2.05, 4.69) is 0 Å². The summed E-state index contributed by atoms with van der Waals surface area (Å²) in [5, 5.41) is -0.0563. The van der Waals surface area contributed by atoms with E-state index in [1.165, 1.54) is 36.7 Å². The first-order valence-electron chi connectivity index (χ1n) is 12.8. The molecule has 0 radical (unpaired) electrons. The van der Waals surface area contributed by atoms with Gasteiger partial charge in [-0.2, -0.15) is 30.7 Å². The monoisotopic (exact) mass is 555 g/mol. The van der Waals surface area contributed by atoms with Crippen molar-refractivity contribution in [1.82, 2.24) is 4.57 Å². The molecule has 39 heavy (non-hydrogen) atoms. The number of fused-ring (bicyclic) bond motifs is 1. The number of aryl methyl sites for hydroxylation is 1. The number of carbonyl (C=O) groups excluding carboxylic acids is 2. The number of halogens is 7. The zero-order valence-electron chi connectivity index (χ0n) is 21.0. The Hall–Kier alpha value is -3.11. The second-order valence-corrected chi connectivity index (χ2v) is 11.2. The van der Waals surface area contributed by atoms with Crippen LogP contribution in [0.15, 0.2) is 41.0 Å². The van der Waals surface area contributed by atoms with Crippen LogP contribution >= 0.6 is 0 Å². The molecule has 4 aliphatic carbocycles. The summed E-state index contributed by atoms with van der Waals surface area (Å²) in [6, 6.07) is 5.76. The van der Waals surface area contributed by atoms with Gasteiger partial charge in [0.15, 0.2) is 0 Å². The summed E-state index contributed by atoms with van der Waals surface area (Å²) in [6.45, 7) is 1.29. The van der Waals surface area contributed by atoms with Gasteiger partial charge in [-0.15, -0.1) is 0 Å². The number of hydrogen-bond acceptors (Lipinski definition) is 3. The average molecular weight is 555 g/mol. The van der Waals surface area contributed by atoms with Crippen molar-refractivity contribution in [3.8, 4) is 0 Å². The summed E-state index contributed by atoms with van der Waals surface area (Å²) in [4.78, 5) is 26.2. The van der Waals surface area contributed by atoms with Gasteiger partial charge in [-0.25, -0.2) is 9.59 Å². The number of allylic oxidation sites excluding steroid dienone is 2. The molecule has 1 aromatic carbocycles. The third-order valence-corrected chi connectivity index (χ3v) is 9.11. The summed E-state index contributed by atoms with van der Waals surface area (Å²) >= 11 is 0. The Bertz CT molecular complexity index is 1460. The second-order valence-electron chi connectivity index (χ2n) is 11.2. The minimum absolute atomic E-state index is 0.0563. The number of cyclic esters (lactones) is 2. The third-order valence-electron chi connectivity index (χ3n) is 9.11. The first-order valence-corrected chi connectivity index (χ1v) is 12.8. The van der Waals surface area contributed by atoms with Crippen LogP contribution in [0.2, 0.25) is 0 Å². The average Bonchev–Trinajstić information content (AvgIpc) is 3.26. The van der Waals surface area contributed by atoms with Crippen LogP contribution in [0.4, 0.5) is 30.7 Å². The lowest BCUT2D eigenvalue weighted by atomic mass is 9.53. The van der Waals surface area contributed by atoms with Gasteiger partial charge in [0.05, 0.1) is 16.7 Å². The largest absolute Gasteiger partial charge is 0.460 e. The van der Waals surface area contributed by atoms with E-state index in [1.54, 1.807) is 6.07 Å². The fourth-order valence-electron chi connectivity index (χ4n) is 7.59. The van der Waals surface area contributed by atoms with Gasteiger partial charge < -0.3 is 9.30 Å². The van der Waals surface area contributed by atoms with Crippen LogP contribution in [-0.2, 0) is 21.4 Å². The molecule has 208 valence electrons. The molecule has 0 N–H and O–H groups in total. The van der Waals surface area contributed by atoms with Gasteiger partial charge in [-0.1, -0.05) is 18.2 Å². The molecule has 1 saturated heterocycles. The maximum atomic E-state index is 15.9. The highest BCUT2D eigenvalue weighted by Gasteiger charge is 2.75. The van der Waals surface area contributed by atoms with Crippen LogP contribution in [0.1, 0.15) is 43.4 Å². The molecular formula is C28H24F7NO3. The van der Waals surface area contributed by atoms with E-state index in [0.29, 0.717) is 43.1 Å². The molecular weight excluding hydrogens is 531 g/mol. The van der Waals surface area contributed by atoms with E-state index in [1.807, 2.05) is 0 Å². The molecule has 0 spiro atoms. The minimum atomic E-state index is -6.65. The maximum Gasteiger partial charge on any atom is 0.460 e. The molecule has 11 heteroatoms. The zero-order valence-corrected chi connectivity index (χ0v) is 21.0. The molecule has 0 unspecified atom stereocenters. The van der Waals surface area contributed by atoms with Crippen molar-refractivity contribution in [2.45, 2.75) is 57.0 Å². The van der Waals surface area contributed by atoms with Crippen LogP contribution in [0.3, 0.4) is 0 Å². The zero-order chi connectivity index (χ0) is 28.2. The van der Waals surface area contributed by atoms with E-state index < -0.39 is 52.2 Å². The Morgan fingerprint density at radius 2 is 1.44 bits per heavy atom. The number of benzene rings is 1. The van der Waals surface area contributed by atoms with Gasteiger partial charge >= 0.3 is 30.0 Å². The Labute approximate surface area is 218 Å². The Morgan fingerprint density at radius 1 is 0.872 bits per heavy atom. The Morgan fingerprint density at radius 3 is 2.00 bits per heavy atom. The molecule has 1 aliphatic heterocycles. The fraction of sp³-hybridized carbons (Fsp3) is 0.500. The molecule has 4 saturated carbocycles. The standard InChI is InChI=1S/C28H24F7NO3/c1-12-19(17-5-3-4-6-18(17)36(12)2)23(26(29,30)27(31,32)28(33,34)35)22-21(24(37)39-25(22)38)20-15-8-13-7-14(10-15)11-16(20)9-13/h3-6,13-16H,7-11H2,1-2H3/b21-20?,23-22+. The maximum absolute atomic E-state index is 15.9. The molecule has 1 aromatic heterocycles. The summed E-state index contributed by atoms with van der Waals surface area (Å²) in [5.74, 6) is -15.2. The highest BCUT2D eigenvalue weighted by atomic mass is 19.4. The normalized spacial score (nSPS) is 28.6. The van der Waals surface area contributed by atoms with Crippen molar-refractivity contribution < 1.29 is 45.1 Å². The predicted octanol–water partition coefficient (Wildman–Crippen LogP) is 6.91. The van der Waals surface area contributed by atoms with Crippen molar-refractivity contribution in [3.05, 3.63) is 52.2 Å². The van der Waals surface area contributed by atoms with Crippen molar-refractivity contribution in [2.75, 3.05) is 0 Å². The molecule has 2 heterocycles. The first kappa shape index (κ1) is 26.1. The number of para-hydroxylation sites is 1. The number of carbonyl (C=O) groups is 2. The van der Waals surface area contributed by atoms with Crippen molar-refractivity contribution >= 4 is 28.4 Å². The van der Waals surface area contributed by atoms with Crippen LogP contribution in [0.5, 0.6) is 0 Å². The van der Waals surface area contributed by atoms with Crippen molar-refractivity contribution in [3.63, 3.8) is 0 Å². The second kappa shape index (κ2) is 8.20. The van der Waals surface area contributed by atoms with Gasteiger partial charge in [0.25, 0.3) is 0 Å². The smallest absolute Gasteiger partial charge is 0.386 e. The summed E-state index contributed by atoms with van der Waals surface area (Å²) in [5.41, 5.74) is -3.63. The summed E-state index contributed by atoms with van der Waals surface area (Å²) in [7, 11) is 1.44. The lowest BCUT2D eigenvalue weighted by Gasteiger charge is -2.51. The number of rotatable bonds is 3. The number of ether oxygens (including phenoxy) is 1. The minimum Gasteiger partial charge on any atom is -0.386 e. The summed E-state index contributed by atoms with van der Waals surface area (Å²) < 4.78 is 108. The molecule has 4 nitrogen and oxygen atoms in total. The van der Waals surface area contributed by atoms with Crippen LogP contribution in [0, 0.1) is 30.6 Å². The van der Waals surface area contributed by atoms with Gasteiger partial charge in [0, 0.05) is 29.2 Å². The summed E-state index contributed by atoms with van der Waals surface area (Å²) in [6.07, 6.45) is -3.10. The topological polar surface area (TPSA) is 48.3 Å². The third kappa shape index (κ3) is 3.50. The highest BCUT2D eigenvalue weighted by molar-refractivity contribution is 6.23. The number of nitrogens with zero attached hydrogens (tertiary/aromatic N) is 1. The fourth-order valence-corrected chi connectivity index (χ4v) is 7.59. The van der Waals surface area contributed by atoms with E-state index in [0.717, 1.165) is 6.42 Å². The molecule has 0 atom stereocenters. The van der Waals surface area contributed by atoms with Gasteiger partial charge in [-0.05, 0) is 74.3 Å². The Kier molecular flexibility index (Phi) is 5.50. The molecule has 2 aromatic rings.